The number of carboxylic acid groups (broad SMARTS) is 1. The average molecular weight is 516 g/mol. The summed E-state index contributed by atoms with van der Waals surface area (Å²) in [5, 5.41) is 10.5. The van der Waals surface area contributed by atoms with E-state index in [4.69, 9.17) is 16.3 Å². The van der Waals surface area contributed by atoms with Crippen LogP contribution in [0.3, 0.4) is 0 Å². The first-order valence-corrected chi connectivity index (χ1v) is 12.3. The number of rotatable bonds is 4. The summed E-state index contributed by atoms with van der Waals surface area (Å²) in [6.07, 6.45) is 0. The Morgan fingerprint density at radius 3 is 2.41 bits per heavy atom. The van der Waals surface area contributed by atoms with Crippen molar-refractivity contribution in [3.05, 3.63) is 104 Å². The molecule has 1 fully saturated rings. The van der Waals surface area contributed by atoms with E-state index in [2.05, 4.69) is 0 Å². The van der Waals surface area contributed by atoms with Crippen LogP contribution in [0.5, 0.6) is 11.5 Å². The third-order valence-corrected chi connectivity index (χ3v) is 7.17. The van der Waals surface area contributed by atoms with Gasteiger partial charge in [0.05, 0.1) is 12.2 Å². The van der Waals surface area contributed by atoms with Gasteiger partial charge >= 0.3 is 5.97 Å². The number of hydrogen-bond donors (Lipinski definition) is 1. The number of benzene rings is 3. The van der Waals surface area contributed by atoms with E-state index in [-0.39, 0.29) is 24.5 Å². The second kappa shape index (κ2) is 8.97. The summed E-state index contributed by atoms with van der Waals surface area (Å²) >= 11 is 6.32. The Morgan fingerprint density at radius 2 is 1.62 bits per heavy atom. The number of nitrogens with zero attached hydrogens (tertiary/aromatic N) is 3. The third-order valence-electron chi connectivity index (χ3n) is 6.93. The van der Waals surface area contributed by atoms with E-state index in [1.54, 1.807) is 28.0 Å². The third kappa shape index (κ3) is 3.90. The molecule has 0 saturated carbocycles. The van der Waals surface area contributed by atoms with Crippen molar-refractivity contribution in [3.8, 4) is 11.5 Å². The van der Waals surface area contributed by atoms with Crippen molar-refractivity contribution < 1.29 is 14.6 Å². The molecule has 0 aromatic heterocycles. The summed E-state index contributed by atoms with van der Waals surface area (Å²) in [4.78, 5) is 43.6. The van der Waals surface area contributed by atoms with Gasteiger partial charge in [-0.1, -0.05) is 48.0 Å². The van der Waals surface area contributed by atoms with Crippen molar-refractivity contribution in [1.82, 2.24) is 0 Å². The molecule has 1 unspecified atom stereocenters. The predicted molar refractivity (Wildman–Crippen MR) is 143 cm³/mol. The maximum absolute atomic E-state index is 13.1. The van der Waals surface area contributed by atoms with Crippen LogP contribution in [-0.4, -0.2) is 36.8 Å². The van der Waals surface area contributed by atoms with Gasteiger partial charge in [-0.2, -0.15) is 0 Å². The largest absolute Gasteiger partial charge is 0.480 e. The first-order valence-electron chi connectivity index (χ1n) is 11.9. The monoisotopic (exact) mass is 515 g/mol. The molecule has 4 aromatic rings. The first-order chi connectivity index (χ1) is 17.9. The van der Waals surface area contributed by atoms with Crippen molar-refractivity contribution in [2.24, 2.45) is 0 Å². The van der Waals surface area contributed by atoms with Crippen LogP contribution in [-0.2, 0) is 11.3 Å². The topological polar surface area (TPSA) is 90.4 Å². The van der Waals surface area contributed by atoms with Gasteiger partial charge in [0.1, 0.15) is 23.2 Å². The number of anilines is 4. The smallest absolute Gasteiger partial charge is 0.328 e. The number of fused-ring (bicyclic) bond motifs is 2. The number of ether oxygens (including phenoxy) is 1. The molecule has 9 heteroatoms. The maximum atomic E-state index is 13.1. The Morgan fingerprint density at radius 1 is 0.892 bits per heavy atom. The highest BCUT2D eigenvalue weighted by atomic mass is 35.5. The number of carbonyl (C=O) groups is 1. The Kier molecular flexibility index (Phi) is 5.61. The molecule has 8 nitrogen and oxygen atoms in total. The number of hydrogen-bond acceptors (Lipinski definition) is 7. The molecule has 2 heterocycles. The Labute approximate surface area is 217 Å². The highest BCUT2D eigenvalue weighted by Gasteiger charge is 2.39. The minimum Gasteiger partial charge on any atom is -0.480 e. The molecule has 1 N–H and O–H groups in total. The van der Waals surface area contributed by atoms with E-state index in [1.165, 1.54) is 0 Å². The van der Waals surface area contributed by atoms with Gasteiger partial charge in [-0.3, -0.25) is 9.59 Å². The van der Waals surface area contributed by atoms with Gasteiger partial charge in [0.2, 0.25) is 0 Å². The molecular formula is C28H22ClN3O5. The lowest BCUT2D eigenvalue weighted by molar-refractivity contribution is -0.138. The van der Waals surface area contributed by atoms with Crippen LogP contribution in [0.25, 0.3) is 0 Å². The lowest BCUT2D eigenvalue weighted by atomic mass is 10.0. The van der Waals surface area contributed by atoms with Crippen molar-refractivity contribution in [1.29, 1.82) is 0 Å². The van der Waals surface area contributed by atoms with Gasteiger partial charge in [0.25, 0.3) is 10.9 Å². The lowest BCUT2D eigenvalue weighted by Crippen LogP contribution is -2.59. The van der Waals surface area contributed by atoms with E-state index in [9.17, 15) is 19.5 Å². The predicted octanol–water partition coefficient (Wildman–Crippen LogP) is 4.16. The van der Waals surface area contributed by atoms with Crippen molar-refractivity contribution in [2.75, 3.05) is 34.3 Å². The molecule has 0 radical (unpaired) electrons. The van der Waals surface area contributed by atoms with E-state index in [0.717, 1.165) is 11.3 Å². The molecule has 1 saturated heterocycles. The molecule has 4 aromatic carbocycles. The zero-order valence-corrected chi connectivity index (χ0v) is 20.4. The Balaban J connectivity index is 1.41. The molecule has 2 aliphatic rings. The highest BCUT2D eigenvalue weighted by molar-refractivity contribution is 6.31. The van der Waals surface area contributed by atoms with Gasteiger partial charge in [0.15, 0.2) is 5.75 Å². The quantitative estimate of drug-likeness (QED) is 0.405. The van der Waals surface area contributed by atoms with Crippen molar-refractivity contribution in [2.45, 2.75) is 12.6 Å². The molecule has 2 aliphatic heterocycles. The normalized spacial score (nSPS) is 17.1. The fraction of sp³-hybridized carbons (Fsp3) is 0.179. The summed E-state index contributed by atoms with van der Waals surface area (Å²) in [7, 11) is 0. The Bertz CT molecular complexity index is 1580. The van der Waals surface area contributed by atoms with Gasteiger partial charge in [-0.25, -0.2) is 4.79 Å². The zero-order valence-electron chi connectivity index (χ0n) is 19.6. The molecule has 0 aliphatic carbocycles. The number of carboxylic acids is 1. The van der Waals surface area contributed by atoms with Gasteiger partial charge in [-0.15, -0.1) is 0 Å². The van der Waals surface area contributed by atoms with Crippen LogP contribution < -0.4 is 30.3 Å². The second-order valence-electron chi connectivity index (χ2n) is 9.09. The van der Waals surface area contributed by atoms with Crippen LogP contribution in [0.4, 0.5) is 22.7 Å². The maximum Gasteiger partial charge on any atom is 0.328 e. The molecule has 0 amide bonds. The zero-order chi connectivity index (χ0) is 25.7. The van der Waals surface area contributed by atoms with Gasteiger partial charge in [0, 0.05) is 35.9 Å². The van der Waals surface area contributed by atoms with Crippen LogP contribution >= 0.6 is 11.6 Å². The number of halogens is 1. The SMILES string of the molecule is O=C(O)C1CN(c2c(N3Cc4ccccc4Oc4ccc(Cl)cc43)c(=O)c2=O)CCN1c1ccccc1. The minimum atomic E-state index is -0.997. The standard InChI is InChI=1S/C28H22ClN3O5/c29-18-10-11-23-20(14-18)32(15-17-6-4-5-9-22(17)37-23)25-24(26(33)27(25)34)30-12-13-31(21(16-30)28(35)36)19-7-2-1-3-8-19/h1-11,14,21H,12-13,15-16H2,(H,35,36). The molecule has 0 bridgehead atoms. The first kappa shape index (κ1) is 23.1. The summed E-state index contributed by atoms with van der Waals surface area (Å²) < 4.78 is 6.14. The Hall–Kier alpha value is -4.30. The fourth-order valence-corrected chi connectivity index (χ4v) is 5.30. The van der Waals surface area contributed by atoms with E-state index in [0.29, 0.717) is 35.3 Å². The molecule has 186 valence electrons. The van der Waals surface area contributed by atoms with E-state index < -0.39 is 22.9 Å². The fourth-order valence-electron chi connectivity index (χ4n) is 5.13. The second-order valence-corrected chi connectivity index (χ2v) is 9.53. The number of piperazine rings is 1. The molecular weight excluding hydrogens is 494 g/mol. The lowest BCUT2D eigenvalue weighted by Gasteiger charge is -2.43. The number of para-hydroxylation sites is 2. The molecule has 37 heavy (non-hydrogen) atoms. The molecule has 1 atom stereocenters. The minimum absolute atomic E-state index is 0.0609. The van der Waals surface area contributed by atoms with Crippen LogP contribution in [0.15, 0.2) is 82.4 Å². The summed E-state index contributed by atoms with van der Waals surface area (Å²) in [6.45, 7) is 1.12. The average Bonchev–Trinajstić information content (AvgIpc) is 3.07. The van der Waals surface area contributed by atoms with Gasteiger partial charge in [-0.05, 0) is 36.4 Å². The summed E-state index contributed by atoms with van der Waals surface area (Å²) in [6, 6.07) is 21.1. The molecule has 0 spiro atoms. The van der Waals surface area contributed by atoms with Crippen LogP contribution in [0, 0.1) is 0 Å². The number of aliphatic carboxylic acids is 1. The summed E-state index contributed by atoms with van der Waals surface area (Å²) in [5.41, 5.74) is 1.43. The van der Waals surface area contributed by atoms with Crippen molar-refractivity contribution in [3.63, 3.8) is 0 Å². The van der Waals surface area contributed by atoms with Crippen molar-refractivity contribution >= 4 is 40.3 Å². The van der Waals surface area contributed by atoms with Crippen LogP contribution in [0.2, 0.25) is 5.02 Å². The van der Waals surface area contributed by atoms with E-state index >= 15 is 0 Å². The van der Waals surface area contributed by atoms with E-state index in [1.807, 2.05) is 59.5 Å². The highest BCUT2D eigenvalue weighted by Crippen LogP contribution is 2.45. The molecule has 6 rings (SSSR count). The van der Waals surface area contributed by atoms with Crippen LogP contribution in [0.1, 0.15) is 5.56 Å². The summed E-state index contributed by atoms with van der Waals surface area (Å²) in [5.74, 6) is 0.157. The van der Waals surface area contributed by atoms with Gasteiger partial charge < -0.3 is 24.5 Å².